The quantitative estimate of drug-likeness (QED) is 0.670. The number of rotatable bonds is 5. The third-order valence-electron chi connectivity index (χ3n) is 2.29. The number of hydrogen-bond acceptors (Lipinski definition) is 4. The molecule has 1 aromatic rings. The summed E-state index contributed by atoms with van der Waals surface area (Å²) in [5.74, 6) is -2.09. The van der Waals surface area contributed by atoms with Crippen LogP contribution in [0.3, 0.4) is 0 Å². The molecule has 4 nitrogen and oxygen atoms in total. The van der Waals surface area contributed by atoms with Crippen LogP contribution in [0.15, 0.2) is 18.2 Å². The van der Waals surface area contributed by atoms with Crippen LogP contribution in [0.5, 0.6) is 5.75 Å². The molecule has 0 unspecified atom stereocenters. The average molecular weight is 295 g/mol. The van der Waals surface area contributed by atoms with Crippen LogP contribution in [0.2, 0.25) is 0 Å². The van der Waals surface area contributed by atoms with Crippen molar-refractivity contribution in [1.82, 2.24) is 0 Å². The molecule has 0 aliphatic carbocycles. The van der Waals surface area contributed by atoms with Crippen molar-refractivity contribution in [1.29, 1.82) is 0 Å². The number of esters is 1. The van der Waals surface area contributed by atoms with E-state index in [1.807, 2.05) is 0 Å². The summed E-state index contributed by atoms with van der Waals surface area (Å²) in [4.78, 5) is 11.2. The molecular formula is C12H13F4NO3. The molecule has 2 N–H and O–H groups in total. The highest BCUT2D eigenvalue weighted by molar-refractivity contribution is 5.70. The van der Waals surface area contributed by atoms with Crippen molar-refractivity contribution in [3.8, 4) is 5.75 Å². The summed E-state index contributed by atoms with van der Waals surface area (Å²) in [7, 11) is 0. The van der Waals surface area contributed by atoms with Crippen molar-refractivity contribution in [2.75, 3.05) is 6.61 Å². The molecule has 0 saturated heterocycles. The van der Waals surface area contributed by atoms with E-state index >= 15 is 0 Å². The van der Waals surface area contributed by atoms with Crippen LogP contribution >= 0.6 is 0 Å². The van der Waals surface area contributed by atoms with E-state index in [4.69, 9.17) is 5.73 Å². The molecular weight excluding hydrogens is 282 g/mol. The Morgan fingerprint density at radius 3 is 2.60 bits per heavy atom. The molecule has 0 bridgehead atoms. The van der Waals surface area contributed by atoms with Gasteiger partial charge in [0.05, 0.1) is 13.0 Å². The van der Waals surface area contributed by atoms with Crippen molar-refractivity contribution in [2.45, 2.75) is 25.7 Å². The van der Waals surface area contributed by atoms with Gasteiger partial charge in [0.2, 0.25) is 0 Å². The summed E-state index contributed by atoms with van der Waals surface area (Å²) >= 11 is 0. The molecule has 0 heterocycles. The number of nitrogens with two attached hydrogens (primary N) is 1. The van der Waals surface area contributed by atoms with Crippen LogP contribution in [-0.4, -0.2) is 18.9 Å². The normalized spacial score (nSPS) is 12.9. The van der Waals surface area contributed by atoms with Gasteiger partial charge in [-0.2, -0.15) is 0 Å². The van der Waals surface area contributed by atoms with Gasteiger partial charge in [-0.25, -0.2) is 4.39 Å². The van der Waals surface area contributed by atoms with Crippen LogP contribution in [0.25, 0.3) is 0 Å². The summed E-state index contributed by atoms with van der Waals surface area (Å²) in [6.45, 7) is 1.72. The Hall–Kier alpha value is -1.83. The zero-order chi connectivity index (χ0) is 15.3. The Bertz CT molecular complexity index is 476. The summed E-state index contributed by atoms with van der Waals surface area (Å²) in [6.07, 6.45) is -5.24. The molecule has 20 heavy (non-hydrogen) atoms. The Labute approximate surface area is 112 Å². The van der Waals surface area contributed by atoms with Gasteiger partial charge < -0.3 is 15.2 Å². The molecule has 0 spiro atoms. The molecule has 1 aromatic carbocycles. The van der Waals surface area contributed by atoms with Crippen LogP contribution in [0, 0.1) is 5.82 Å². The van der Waals surface area contributed by atoms with E-state index in [1.165, 1.54) is 0 Å². The number of ether oxygens (including phenoxy) is 2. The predicted octanol–water partition coefficient (Wildman–Crippen LogP) is 2.68. The lowest BCUT2D eigenvalue weighted by Gasteiger charge is -2.15. The lowest BCUT2D eigenvalue weighted by Crippen LogP contribution is -2.20. The fraction of sp³-hybridized carbons (Fsp3) is 0.417. The Kier molecular flexibility index (Phi) is 5.32. The van der Waals surface area contributed by atoms with Gasteiger partial charge in [-0.1, -0.05) is 0 Å². The smallest absolute Gasteiger partial charge is 0.466 e. The second-order valence-electron chi connectivity index (χ2n) is 3.85. The molecule has 0 saturated carbocycles. The first-order valence-corrected chi connectivity index (χ1v) is 5.69. The molecule has 112 valence electrons. The minimum Gasteiger partial charge on any atom is -0.466 e. The van der Waals surface area contributed by atoms with E-state index in [9.17, 15) is 22.4 Å². The van der Waals surface area contributed by atoms with Gasteiger partial charge in [0.1, 0.15) is 11.6 Å². The molecule has 0 amide bonds. The van der Waals surface area contributed by atoms with Gasteiger partial charge in [0.25, 0.3) is 0 Å². The number of carbonyl (C=O) groups excluding carboxylic acids is 1. The fourth-order valence-corrected chi connectivity index (χ4v) is 1.51. The molecule has 1 atom stereocenters. The molecule has 1 rings (SSSR count). The summed E-state index contributed by atoms with van der Waals surface area (Å²) in [5, 5.41) is 0. The molecule has 0 aliphatic rings. The average Bonchev–Trinajstić information content (AvgIpc) is 2.30. The summed E-state index contributed by atoms with van der Waals surface area (Å²) in [6, 6.07) is 1.31. The van der Waals surface area contributed by atoms with E-state index < -0.39 is 29.9 Å². The third-order valence-corrected chi connectivity index (χ3v) is 2.29. The molecule has 0 fully saturated rings. The van der Waals surface area contributed by atoms with Crippen molar-refractivity contribution < 1.29 is 31.8 Å². The van der Waals surface area contributed by atoms with E-state index in [0.717, 1.165) is 18.2 Å². The van der Waals surface area contributed by atoms with Crippen LogP contribution in [0.1, 0.15) is 24.9 Å². The number of benzene rings is 1. The maximum atomic E-state index is 13.5. The van der Waals surface area contributed by atoms with E-state index in [1.54, 1.807) is 6.92 Å². The highest BCUT2D eigenvalue weighted by Gasteiger charge is 2.31. The van der Waals surface area contributed by atoms with E-state index in [2.05, 4.69) is 9.47 Å². The Morgan fingerprint density at radius 2 is 2.05 bits per heavy atom. The van der Waals surface area contributed by atoms with Gasteiger partial charge in [-0.05, 0) is 25.1 Å². The van der Waals surface area contributed by atoms with E-state index in [0.29, 0.717) is 0 Å². The van der Waals surface area contributed by atoms with Gasteiger partial charge in [-0.15, -0.1) is 13.2 Å². The first kappa shape index (κ1) is 16.2. The van der Waals surface area contributed by atoms with Crippen molar-refractivity contribution >= 4 is 5.97 Å². The maximum Gasteiger partial charge on any atom is 0.573 e. The number of hydrogen-bond donors (Lipinski definition) is 1. The highest BCUT2D eigenvalue weighted by atomic mass is 19.4. The zero-order valence-corrected chi connectivity index (χ0v) is 10.5. The number of carbonyl (C=O) groups is 1. The molecule has 0 aromatic heterocycles. The van der Waals surface area contributed by atoms with E-state index in [-0.39, 0.29) is 18.6 Å². The van der Waals surface area contributed by atoms with Crippen LogP contribution < -0.4 is 10.5 Å². The van der Waals surface area contributed by atoms with Crippen molar-refractivity contribution in [3.63, 3.8) is 0 Å². The van der Waals surface area contributed by atoms with Crippen molar-refractivity contribution in [2.24, 2.45) is 5.73 Å². The lowest BCUT2D eigenvalue weighted by molar-refractivity contribution is -0.274. The topological polar surface area (TPSA) is 61.5 Å². The van der Waals surface area contributed by atoms with Crippen molar-refractivity contribution in [3.05, 3.63) is 29.6 Å². The zero-order valence-electron chi connectivity index (χ0n) is 10.5. The number of halogens is 4. The first-order valence-electron chi connectivity index (χ1n) is 5.69. The van der Waals surface area contributed by atoms with Gasteiger partial charge in [0, 0.05) is 11.6 Å². The first-order chi connectivity index (χ1) is 9.23. The third kappa shape index (κ3) is 5.04. The standard InChI is InChI=1S/C12H13F4NO3/c1-2-19-11(18)6-10(17)8-5-7(3-4-9(8)13)20-12(14,15)16/h3-5,10H,2,6,17H2,1H3/t10-/m1/s1. The largest absolute Gasteiger partial charge is 0.573 e. The minimum absolute atomic E-state index is 0.130. The summed E-state index contributed by atoms with van der Waals surface area (Å²) in [5.41, 5.74) is 5.33. The minimum atomic E-state index is -4.89. The Morgan fingerprint density at radius 1 is 1.40 bits per heavy atom. The van der Waals surface area contributed by atoms with Crippen LogP contribution in [-0.2, 0) is 9.53 Å². The second kappa shape index (κ2) is 6.56. The van der Waals surface area contributed by atoms with Gasteiger partial charge in [0.15, 0.2) is 0 Å². The SMILES string of the molecule is CCOC(=O)C[C@@H](N)c1cc(OC(F)(F)F)ccc1F. The number of alkyl halides is 3. The monoisotopic (exact) mass is 295 g/mol. The predicted molar refractivity (Wildman–Crippen MR) is 61.3 cm³/mol. The second-order valence-corrected chi connectivity index (χ2v) is 3.85. The maximum absolute atomic E-state index is 13.5. The lowest BCUT2D eigenvalue weighted by atomic mass is 10.0. The molecule has 8 heteroatoms. The highest BCUT2D eigenvalue weighted by Crippen LogP contribution is 2.27. The fourth-order valence-electron chi connectivity index (χ4n) is 1.51. The molecule has 0 aliphatic heterocycles. The van der Waals surface area contributed by atoms with Gasteiger partial charge >= 0.3 is 12.3 Å². The summed E-state index contributed by atoms with van der Waals surface area (Å²) < 4.78 is 58.0. The Balaban J connectivity index is 2.87. The van der Waals surface area contributed by atoms with Gasteiger partial charge in [-0.3, -0.25) is 4.79 Å². The molecule has 0 radical (unpaired) electrons. The van der Waals surface area contributed by atoms with Crippen LogP contribution in [0.4, 0.5) is 17.6 Å².